The SMILES string of the molecule is COc1ccc(NC(=O)CN(C)C(=O)C2CC(=O)N(CCc3ccc(OC)c(OC)c3)C2)cc1. The average Bonchev–Trinajstić information content (AvgIpc) is 3.22. The van der Waals surface area contributed by atoms with Crippen LogP contribution in [0.1, 0.15) is 12.0 Å². The molecule has 0 radical (unpaired) electrons. The van der Waals surface area contributed by atoms with Crippen molar-refractivity contribution >= 4 is 23.4 Å². The Hall–Kier alpha value is -3.75. The molecule has 9 heteroatoms. The molecule has 2 aromatic carbocycles. The molecule has 1 N–H and O–H groups in total. The number of benzene rings is 2. The summed E-state index contributed by atoms with van der Waals surface area (Å²) >= 11 is 0. The zero-order valence-corrected chi connectivity index (χ0v) is 20.0. The molecule has 0 spiro atoms. The van der Waals surface area contributed by atoms with Gasteiger partial charge in [-0.2, -0.15) is 0 Å². The Balaban J connectivity index is 1.50. The molecule has 0 saturated carbocycles. The summed E-state index contributed by atoms with van der Waals surface area (Å²) in [5, 5.41) is 2.76. The van der Waals surface area contributed by atoms with E-state index in [2.05, 4.69) is 5.32 Å². The molecule has 1 aliphatic rings. The van der Waals surface area contributed by atoms with Crippen LogP contribution >= 0.6 is 0 Å². The number of methoxy groups -OCH3 is 3. The molecule has 1 saturated heterocycles. The number of nitrogens with one attached hydrogen (secondary N) is 1. The van der Waals surface area contributed by atoms with Crippen molar-refractivity contribution in [3.63, 3.8) is 0 Å². The summed E-state index contributed by atoms with van der Waals surface area (Å²) < 4.78 is 15.7. The summed E-state index contributed by atoms with van der Waals surface area (Å²) in [5.41, 5.74) is 1.62. The van der Waals surface area contributed by atoms with Crippen LogP contribution in [0.2, 0.25) is 0 Å². The molecule has 1 heterocycles. The Bertz CT molecular complexity index is 1020. The topological polar surface area (TPSA) is 97.4 Å². The molecule has 182 valence electrons. The Kier molecular flexibility index (Phi) is 8.34. The van der Waals surface area contributed by atoms with Gasteiger partial charge in [-0.05, 0) is 48.4 Å². The summed E-state index contributed by atoms with van der Waals surface area (Å²) in [6.45, 7) is 0.746. The van der Waals surface area contributed by atoms with E-state index < -0.39 is 5.92 Å². The number of likely N-dealkylation sites (N-methyl/N-ethyl adjacent to an activating group) is 1. The fourth-order valence-corrected chi connectivity index (χ4v) is 3.93. The maximum Gasteiger partial charge on any atom is 0.243 e. The van der Waals surface area contributed by atoms with E-state index in [-0.39, 0.29) is 30.7 Å². The maximum absolute atomic E-state index is 12.9. The molecule has 34 heavy (non-hydrogen) atoms. The third kappa shape index (κ3) is 6.18. The number of carbonyl (C=O) groups is 3. The van der Waals surface area contributed by atoms with E-state index in [4.69, 9.17) is 14.2 Å². The molecular formula is C25H31N3O6. The molecule has 3 rings (SSSR count). The highest BCUT2D eigenvalue weighted by Crippen LogP contribution is 2.28. The first-order valence-electron chi connectivity index (χ1n) is 11.0. The fourth-order valence-electron chi connectivity index (χ4n) is 3.93. The van der Waals surface area contributed by atoms with Crippen LogP contribution in [0.5, 0.6) is 17.2 Å². The number of anilines is 1. The van der Waals surface area contributed by atoms with Crippen LogP contribution in [-0.4, -0.2) is 75.5 Å². The van der Waals surface area contributed by atoms with Crippen LogP contribution in [0.25, 0.3) is 0 Å². The van der Waals surface area contributed by atoms with Crippen molar-refractivity contribution < 1.29 is 28.6 Å². The van der Waals surface area contributed by atoms with Gasteiger partial charge in [0.2, 0.25) is 17.7 Å². The van der Waals surface area contributed by atoms with Gasteiger partial charge in [-0.15, -0.1) is 0 Å². The number of hydrogen-bond acceptors (Lipinski definition) is 6. The number of amides is 3. The van der Waals surface area contributed by atoms with Crippen molar-refractivity contribution in [1.29, 1.82) is 0 Å². The van der Waals surface area contributed by atoms with E-state index in [0.717, 1.165) is 5.56 Å². The normalized spacial score (nSPS) is 15.1. The molecular weight excluding hydrogens is 438 g/mol. The summed E-state index contributed by atoms with van der Waals surface area (Å²) in [6, 6.07) is 12.6. The van der Waals surface area contributed by atoms with Crippen LogP contribution in [-0.2, 0) is 20.8 Å². The van der Waals surface area contributed by atoms with Gasteiger partial charge in [0.15, 0.2) is 11.5 Å². The largest absolute Gasteiger partial charge is 0.497 e. The summed E-state index contributed by atoms with van der Waals surface area (Å²) in [7, 11) is 6.30. The van der Waals surface area contributed by atoms with Crippen LogP contribution < -0.4 is 19.5 Å². The first-order valence-corrected chi connectivity index (χ1v) is 11.0. The van der Waals surface area contributed by atoms with Gasteiger partial charge in [0.1, 0.15) is 5.75 Å². The highest BCUT2D eigenvalue weighted by atomic mass is 16.5. The van der Waals surface area contributed by atoms with Gasteiger partial charge < -0.3 is 29.3 Å². The Morgan fingerprint density at radius 2 is 1.74 bits per heavy atom. The van der Waals surface area contributed by atoms with Crippen molar-refractivity contribution in [2.75, 3.05) is 53.3 Å². The number of ether oxygens (including phenoxy) is 3. The average molecular weight is 470 g/mol. The van der Waals surface area contributed by atoms with Crippen LogP contribution in [0, 0.1) is 5.92 Å². The summed E-state index contributed by atoms with van der Waals surface area (Å²) in [4.78, 5) is 40.8. The quantitative estimate of drug-likeness (QED) is 0.573. The molecule has 0 bridgehead atoms. The number of nitrogens with zero attached hydrogens (tertiary/aromatic N) is 2. The Morgan fingerprint density at radius 3 is 2.38 bits per heavy atom. The number of carbonyl (C=O) groups excluding carboxylic acids is 3. The molecule has 3 amide bonds. The molecule has 1 unspecified atom stereocenters. The minimum atomic E-state index is -0.461. The van der Waals surface area contributed by atoms with E-state index in [1.54, 1.807) is 57.5 Å². The fraction of sp³-hybridized carbons (Fsp3) is 0.400. The zero-order chi connectivity index (χ0) is 24.7. The van der Waals surface area contributed by atoms with Gasteiger partial charge >= 0.3 is 0 Å². The van der Waals surface area contributed by atoms with Gasteiger partial charge in [-0.1, -0.05) is 6.07 Å². The van der Waals surface area contributed by atoms with Gasteiger partial charge in [0.05, 0.1) is 33.8 Å². The molecule has 9 nitrogen and oxygen atoms in total. The monoisotopic (exact) mass is 469 g/mol. The lowest BCUT2D eigenvalue weighted by Crippen LogP contribution is -2.39. The lowest BCUT2D eigenvalue weighted by atomic mass is 10.1. The first-order chi connectivity index (χ1) is 16.3. The first kappa shape index (κ1) is 24.9. The third-order valence-electron chi connectivity index (χ3n) is 5.81. The predicted octanol–water partition coefficient (Wildman–Crippen LogP) is 2.20. The van der Waals surface area contributed by atoms with Crippen LogP contribution in [0.3, 0.4) is 0 Å². The van der Waals surface area contributed by atoms with Gasteiger partial charge in [-0.3, -0.25) is 14.4 Å². The standard InChI is InChI=1S/C25H31N3O6/c1-27(16-23(29)26-19-6-8-20(32-2)9-7-19)25(31)18-14-24(30)28(15-18)12-11-17-5-10-21(33-3)22(13-17)34-4/h5-10,13,18H,11-12,14-16H2,1-4H3,(H,26,29). The highest BCUT2D eigenvalue weighted by Gasteiger charge is 2.35. The third-order valence-corrected chi connectivity index (χ3v) is 5.81. The lowest BCUT2D eigenvalue weighted by molar-refractivity contribution is -0.137. The van der Waals surface area contributed by atoms with Crippen molar-refractivity contribution in [1.82, 2.24) is 9.80 Å². The summed E-state index contributed by atoms with van der Waals surface area (Å²) in [5.74, 6) is 0.921. The molecule has 1 aliphatic heterocycles. The zero-order valence-electron chi connectivity index (χ0n) is 20.0. The van der Waals surface area contributed by atoms with E-state index in [0.29, 0.717) is 42.4 Å². The number of hydrogen-bond donors (Lipinski definition) is 1. The molecule has 1 fully saturated rings. The minimum Gasteiger partial charge on any atom is -0.497 e. The van der Waals surface area contributed by atoms with Crippen molar-refractivity contribution in [2.45, 2.75) is 12.8 Å². The van der Waals surface area contributed by atoms with Crippen molar-refractivity contribution in [3.05, 3.63) is 48.0 Å². The van der Waals surface area contributed by atoms with Crippen LogP contribution in [0.15, 0.2) is 42.5 Å². The maximum atomic E-state index is 12.9. The highest BCUT2D eigenvalue weighted by molar-refractivity contribution is 5.96. The number of rotatable bonds is 10. The minimum absolute atomic E-state index is 0.0603. The van der Waals surface area contributed by atoms with Crippen molar-refractivity contribution in [2.24, 2.45) is 5.92 Å². The van der Waals surface area contributed by atoms with E-state index in [1.807, 2.05) is 18.2 Å². The van der Waals surface area contributed by atoms with E-state index in [9.17, 15) is 14.4 Å². The second-order valence-electron chi connectivity index (χ2n) is 8.15. The number of likely N-dealkylation sites (tertiary alicyclic amines) is 1. The van der Waals surface area contributed by atoms with E-state index >= 15 is 0 Å². The molecule has 2 aromatic rings. The van der Waals surface area contributed by atoms with Crippen molar-refractivity contribution in [3.8, 4) is 17.2 Å². The van der Waals surface area contributed by atoms with Gasteiger partial charge in [0, 0.05) is 32.2 Å². The Morgan fingerprint density at radius 1 is 1.03 bits per heavy atom. The van der Waals surface area contributed by atoms with Crippen LogP contribution in [0.4, 0.5) is 5.69 Å². The second kappa shape index (κ2) is 11.4. The predicted molar refractivity (Wildman–Crippen MR) is 127 cm³/mol. The summed E-state index contributed by atoms with van der Waals surface area (Å²) in [6.07, 6.45) is 0.780. The smallest absolute Gasteiger partial charge is 0.243 e. The second-order valence-corrected chi connectivity index (χ2v) is 8.15. The molecule has 1 atom stereocenters. The lowest BCUT2D eigenvalue weighted by Gasteiger charge is -2.21. The Labute approximate surface area is 199 Å². The van der Waals surface area contributed by atoms with Gasteiger partial charge in [0.25, 0.3) is 0 Å². The molecule has 0 aliphatic carbocycles. The molecule has 0 aromatic heterocycles. The van der Waals surface area contributed by atoms with E-state index in [1.165, 1.54) is 4.90 Å². The van der Waals surface area contributed by atoms with Gasteiger partial charge in [-0.25, -0.2) is 0 Å².